The van der Waals surface area contributed by atoms with Crippen LogP contribution in [-0.2, 0) is 14.3 Å². The molecular formula is C15H27NO4. The third kappa shape index (κ3) is 6.37. The van der Waals surface area contributed by atoms with Gasteiger partial charge in [-0.15, -0.1) is 0 Å². The molecule has 0 aromatic carbocycles. The Morgan fingerprint density at radius 3 is 2.15 bits per heavy atom. The maximum absolute atomic E-state index is 10.5. The van der Waals surface area contributed by atoms with Gasteiger partial charge in [0.15, 0.2) is 0 Å². The zero-order valence-electron chi connectivity index (χ0n) is 12.6. The molecule has 1 atom stereocenters. The number of ether oxygens (including phenoxy) is 1. The lowest BCUT2D eigenvalue weighted by Crippen LogP contribution is -2.41. The van der Waals surface area contributed by atoms with E-state index in [9.17, 15) is 9.59 Å². The molecule has 1 heterocycles. The number of rotatable bonds is 3. The van der Waals surface area contributed by atoms with Crippen LogP contribution in [0.2, 0.25) is 0 Å². The van der Waals surface area contributed by atoms with Gasteiger partial charge in [-0.25, -0.2) is 0 Å². The lowest BCUT2D eigenvalue weighted by atomic mass is 9.90. The van der Waals surface area contributed by atoms with E-state index in [1.807, 2.05) is 13.8 Å². The summed E-state index contributed by atoms with van der Waals surface area (Å²) in [6.45, 7) is 3.79. The zero-order chi connectivity index (χ0) is 15.2. The molecule has 1 aliphatic heterocycles. The molecule has 5 heteroatoms. The van der Waals surface area contributed by atoms with Gasteiger partial charge in [-0.05, 0) is 32.6 Å². The summed E-state index contributed by atoms with van der Waals surface area (Å²) in [6.07, 6.45) is 7.96. The van der Waals surface area contributed by atoms with E-state index in [-0.39, 0.29) is 24.0 Å². The van der Waals surface area contributed by atoms with E-state index >= 15 is 0 Å². The average Bonchev–Trinajstić information content (AvgIpc) is 2.54. The Hall–Kier alpha value is -1.10. The lowest BCUT2D eigenvalue weighted by Gasteiger charge is -2.32. The Bertz CT molecular complexity index is 323. The van der Waals surface area contributed by atoms with Gasteiger partial charge in [0.05, 0.1) is 12.8 Å². The number of aliphatic carboxylic acids is 1. The largest absolute Gasteiger partial charge is 0.481 e. The van der Waals surface area contributed by atoms with Crippen LogP contribution in [0, 0.1) is 5.92 Å². The maximum Gasteiger partial charge on any atom is 0.310 e. The third-order valence-electron chi connectivity index (χ3n) is 3.88. The monoisotopic (exact) mass is 285 g/mol. The van der Waals surface area contributed by atoms with Crippen molar-refractivity contribution >= 4 is 11.9 Å². The molecule has 1 saturated carbocycles. The van der Waals surface area contributed by atoms with Crippen LogP contribution in [0.5, 0.6) is 0 Å². The number of carbonyl (C=O) groups is 2. The summed E-state index contributed by atoms with van der Waals surface area (Å²) in [6, 6.07) is -0.129. The van der Waals surface area contributed by atoms with Gasteiger partial charge in [-0.3, -0.25) is 9.59 Å². The smallest absolute Gasteiger partial charge is 0.310 e. The second kappa shape index (κ2) is 7.62. The molecule has 2 aliphatic rings. The first-order valence-electron chi connectivity index (χ1n) is 7.49. The van der Waals surface area contributed by atoms with Crippen molar-refractivity contribution in [2.24, 2.45) is 11.7 Å². The van der Waals surface area contributed by atoms with Crippen LogP contribution in [0.4, 0.5) is 0 Å². The summed E-state index contributed by atoms with van der Waals surface area (Å²) in [5, 5.41) is 8.60. The van der Waals surface area contributed by atoms with Crippen molar-refractivity contribution in [3.63, 3.8) is 0 Å². The average molecular weight is 285 g/mol. The number of cyclic esters (lactones) is 1. The van der Waals surface area contributed by atoms with Gasteiger partial charge < -0.3 is 15.6 Å². The van der Waals surface area contributed by atoms with Gasteiger partial charge >= 0.3 is 11.9 Å². The summed E-state index contributed by atoms with van der Waals surface area (Å²) in [5.41, 5.74) is 5.68. The van der Waals surface area contributed by atoms with Crippen LogP contribution >= 0.6 is 0 Å². The molecule has 0 bridgehead atoms. The maximum atomic E-state index is 10.5. The Morgan fingerprint density at radius 1 is 1.35 bits per heavy atom. The van der Waals surface area contributed by atoms with Crippen molar-refractivity contribution in [2.45, 2.75) is 76.9 Å². The van der Waals surface area contributed by atoms with Gasteiger partial charge in [0.2, 0.25) is 0 Å². The van der Waals surface area contributed by atoms with Gasteiger partial charge in [-0.1, -0.05) is 25.7 Å². The van der Waals surface area contributed by atoms with Crippen LogP contribution in [-0.4, -0.2) is 28.7 Å². The van der Waals surface area contributed by atoms with Gasteiger partial charge in [-0.2, -0.15) is 0 Å². The minimum absolute atomic E-state index is 0.0787. The zero-order valence-corrected chi connectivity index (χ0v) is 12.6. The topological polar surface area (TPSA) is 89.6 Å². The van der Waals surface area contributed by atoms with Crippen LogP contribution in [0.15, 0.2) is 0 Å². The normalized spacial score (nSPS) is 23.4. The molecule has 2 rings (SSSR count). The fraction of sp³-hybridized carbons (Fsp3) is 0.867. The number of hydrogen-bond acceptors (Lipinski definition) is 4. The number of carboxylic acids is 1. The van der Waals surface area contributed by atoms with E-state index in [2.05, 4.69) is 4.74 Å². The predicted molar refractivity (Wildman–Crippen MR) is 76.2 cm³/mol. The van der Waals surface area contributed by atoms with E-state index in [1.165, 1.54) is 25.7 Å². The molecule has 0 amide bonds. The van der Waals surface area contributed by atoms with Crippen LogP contribution in [0.1, 0.15) is 65.2 Å². The van der Waals surface area contributed by atoms with Crippen molar-refractivity contribution in [1.29, 1.82) is 0 Å². The van der Waals surface area contributed by atoms with Crippen LogP contribution in [0.25, 0.3) is 0 Å². The van der Waals surface area contributed by atoms with Crippen molar-refractivity contribution in [2.75, 3.05) is 0 Å². The molecule has 3 N–H and O–H groups in total. The Kier molecular flexibility index (Phi) is 6.46. The van der Waals surface area contributed by atoms with E-state index in [0.717, 1.165) is 12.8 Å². The Labute approximate surface area is 120 Å². The second-order valence-electron chi connectivity index (χ2n) is 6.42. The second-order valence-corrected chi connectivity index (χ2v) is 6.42. The number of esters is 1. The molecule has 2 fully saturated rings. The van der Waals surface area contributed by atoms with Crippen LogP contribution in [0.3, 0.4) is 0 Å². The molecular weight excluding hydrogens is 258 g/mol. The fourth-order valence-electron chi connectivity index (χ4n) is 2.75. The number of hydrogen-bond donors (Lipinski definition) is 2. The van der Waals surface area contributed by atoms with Crippen molar-refractivity contribution < 1.29 is 19.4 Å². The molecule has 20 heavy (non-hydrogen) atoms. The minimum Gasteiger partial charge on any atom is -0.481 e. The highest BCUT2D eigenvalue weighted by Gasteiger charge is 2.36. The predicted octanol–water partition coefficient (Wildman–Crippen LogP) is 2.47. The molecule has 1 aliphatic carbocycles. The highest BCUT2D eigenvalue weighted by Crippen LogP contribution is 2.26. The molecule has 0 aromatic heterocycles. The summed E-state index contributed by atoms with van der Waals surface area (Å²) in [4.78, 5) is 20.6. The summed E-state index contributed by atoms with van der Waals surface area (Å²) in [5.74, 6) is -0.402. The van der Waals surface area contributed by atoms with Crippen LogP contribution < -0.4 is 5.73 Å². The van der Waals surface area contributed by atoms with E-state index in [0.29, 0.717) is 12.3 Å². The highest BCUT2D eigenvalue weighted by atomic mass is 16.6. The molecule has 1 saturated heterocycles. The first kappa shape index (κ1) is 17.0. The van der Waals surface area contributed by atoms with E-state index in [1.54, 1.807) is 0 Å². The van der Waals surface area contributed by atoms with Gasteiger partial charge in [0.25, 0.3) is 0 Å². The number of carboxylic acid groups (broad SMARTS) is 1. The minimum atomic E-state index is -0.767. The van der Waals surface area contributed by atoms with Gasteiger partial charge in [0, 0.05) is 6.04 Å². The Balaban J connectivity index is 0.000000240. The summed E-state index contributed by atoms with van der Waals surface area (Å²) in [7, 11) is 0. The lowest BCUT2D eigenvalue weighted by molar-refractivity contribution is -0.184. The quantitative estimate of drug-likeness (QED) is 0.614. The van der Waals surface area contributed by atoms with E-state index in [4.69, 9.17) is 10.8 Å². The number of carbonyl (C=O) groups excluding carboxylic acids is 1. The first-order valence-corrected chi connectivity index (χ1v) is 7.49. The summed E-state index contributed by atoms with van der Waals surface area (Å²) >= 11 is 0. The van der Waals surface area contributed by atoms with Crippen molar-refractivity contribution in [3.8, 4) is 0 Å². The standard InChI is InChI=1S/C10H19NO2.C5H8O2/c11-9(7-10(12)13)8-5-3-1-2-4-6-8;1-5(2)3-4(6)7-5/h8-9H,1-7,11H2,(H,12,13);3H2,1-2H3. The van der Waals surface area contributed by atoms with Crippen molar-refractivity contribution in [3.05, 3.63) is 0 Å². The highest BCUT2D eigenvalue weighted by molar-refractivity contribution is 5.76. The molecule has 1 unspecified atom stereocenters. The number of nitrogens with two attached hydrogens (primary N) is 1. The fourth-order valence-corrected chi connectivity index (χ4v) is 2.75. The molecule has 5 nitrogen and oxygen atoms in total. The molecule has 0 radical (unpaired) electrons. The molecule has 0 aromatic rings. The van der Waals surface area contributed by atoms with E-state index < -0.39 is 5.97 Å². The third-order valence-corrected chi connectivity index (χ3v) is 3.88. The summed E-state index contributed by atoms with van der Waals surface area (Å²) < 4.78 is 4.69. The molecule has 116 valence electrons. The molecule has 0 spiro atoms. The SMILES string of the molecule is CC1(C)CC(=O)O1.NC(CC(=O)O)C1CCCCCC1. The van der Waals surface area contributed by atoms with Gasteiger partial charge in [0.1, 0.15) is 5.60 Å². The van der Waals surface area contributed by atoms with Crippen molar-refractivity contribution in [1.82, 2.24) is 0 Å². The Morgan fingerprint density at radius 2 is 1.85 bits per heavy atom. The first-order chi connectivity index (χ1) is 9.30.